The zero-order valence-corrected chi connectivity index (χ0v) is 19.0. The Morgan fingerprint density at radius 2 is 2.06 bits per heavy atom. The highest BCUT2D eigenvalue weighted by molar-refractivity contribution is 6.32. The molecule has 1 aliphatic carbocycles. The third kappa shape index (κ3) is 4.82. The molecule has 31 heavy (non-hydrogen) atoms. The number of ether oxygens (including phenoxy) is 1. The summed E-state index contributed by atoms with van der Waals surface area (Å²) in [4.78, 5) is 17.6. The van der Waals surface area contributed by atoms with Crippen molar-refractivity contribution < 1.29 is 9.53 Å². The summed E-state index contributed by atoms with van der Waals surface area (Å²) < 4.78 is 7.60. The Morgan fingerprint density at radius 1 is 1.26 bits per heavy atom. The monoisotopic (exact) mass is 437 g/mol. The van der Waals surface area contributed by atoms with Gasteiger partial charge in [-0.3, -0.25) is 4.79 Å². The van der Waals surface area contributed by atoms with Gasteiger partial charge >= 0.3 is 0 Å². The molecule has 0 aliphatic heterocycles. The quantitative estimate of drug-likeness (QED) is 0.457. The molecule has 4 rings (SSSR count). The molecule has 1 aromatic heterocycles. The maximum absolute atomic E-state index is 12.9. The lowest BCUT2D eigenvalue weighted by molar-refractivity contribution is -0.119. The van der Waals surface area contributed by atoms with Gasteiger partial charge in [-0.1, -0.05) is 35.9 Å². The number of carbonyl (C=O) groups is 1. The van der Waals surface area contributed by atoms with Gasteiger partial charge in [0.05, 0.1) is 17.5 Å². The molecule has 162 valence electrons. The summed E-state index contributed by atoms with van der Waals surface area (Å²) >= 11 is 6.26. The number of aromatic nitrogens is 3. The minimum absolute atomic E-state index is 0.0165. The second-order valence-electron chi connectivity index (χ2n) is 8.33. The van der Waals surface area contributed by atoms with Crippen LogP contribution in [0, 0.1) is 0 Å². The van der Waals surface area contributed by atoms with E-state index in [1.807, 2.05) is 37.6 Å². The first kappa shape index (κ1) is 21.6. The van der Waals surface area contributed by atoms with E-state index < -0.39 is 0 Å². The van der Waals surface area contributed by atoms with Crippen LogP contribution in [-0.2, 0) is 24.2 Å². The number of rotatable bonds is 8. The first-order chi connectivity index (χ1) is 14.9. The van der Waals surface area contributed by atoms with Crippen molar-refractivity contribution in [3.63, 3.8) is 0 Å². The van der Waals surface area contributed by atoms with E-state index in [-0.39, 0.29) is 11.9 Å². The summed E-state index contributed by atoms with van der Waals surface area (Å²) in [5.74, 6) is 2.42. The minimum Gasteiger partial charge on any atom is -0.489 e. The summed E-state index contributed by atoms with van der Waals surface area (Å²) in [5.41, 5.74) is 3.53. The van der Waals surface area contributed by atoms with Crippen molar-refractivity contribution in [3.05, 3.63) is 64.4 Å². The molecular weight excluding hydrogens is 410 g/mol. The molecule has 0 radical (unpaired) electrons. The average molecular weight is 438 g/mol. The molecule has 2 aromatic carbocycles. The maximum Gasteiger partial charge on any atom is 0.181 e. The highest BCUT2D eigenvalue weighted by Gasteiger charge is 2.25. The lowest BCUT2D eigenvalue weighted by Crippen LogP contribution is -2.12. The number of aryl methyl sites for hydroxylation is 2. The Bertz CT molecular complexity index is 1090. The molecule has 0 N–H and O–H groups in total. The van der Waals surface area contributed by atoms with E-state index in [9.17, 15) is 4.79 Å². The summed E-state index contributed by atoms with van der Waals surface area (Å²) in [6.07, 6.45) is 2.96. The summed E-state index contributed by atoms with van der Waals surface area (Å²) in [6, 6.07) is 14.0. The topological polar surface area (TPSA) is 57.0 Å². The van der Waals surface area contributed by atoms with Gasteiger partial charge in [-0.25, -0.2) is 9.67 Å². The van der Waals surface area contributed by atoms with Gasteiger partial charge < -0.3 is 4.74 Å². The van der Waals surface area contributed by atoms with Gasteiger partial charge in [0.1, 0.15) is 17.4 Å². The zero-order chi connectivity index (χ0) is 22.0. The van der Waals surface area contributed by atoms with Gasteiger partial charge in [-0.2, -0.15) is 5.10 Å². The molecule has 0 spiro atoms. The standard InChI is InChI=1S/C25H28ClN3O2/c1-4-29-24(15-20(30)13-18-10-9-17-7-5-6-8-21(17)18)27-25(28-29)19-11-12-22(26)23(14-19)31-16(2)3/h5-8,11-12,14,16,18H,4,9-10,13,15H2,1-3H3/t18-/m1/s1. The van der Waals surface area contributed by atoms with E-state index in [0.717, 1.165) is 18.4 Å². The van der Waals surface area contributed by atoms with Gasteiger partial charge in [0, 0.05) is 18.5 Å². The van der Waals surface area contributed by atoms with Crippen molar-refractivity contribution in [3.8, 4) is 17.1 Å². The van der Waals surface area contributed by atoms with E-state index in [1.54, 1.807) is 6.07 Å². The van der Waals surface area contributed by atoms with E-state index in [2.05, 4.69) is 29.4 Å². The Labute approximate surface area is 188 Å². The van der Waals surface area contributed by atoms with Gasteiger partial charge in [-0.15, -0.1) is 0 Å². The van der Waals surface area contributed by atoms with Gasteiger partial charge in [0.15, 0.2) is 5.82 Å². The average Bonchev–Trinajstić information content (AvgIpc) is 3.33. The van der Waals surface area contributed by atoms with Gasteiger partial charge in [0.25, 0.3) is 0 Å². The number of nitrogens with zero attached hydrogens (tertiary/aromatic N) is 3. The SMILES string of the molecule is CCn1nc(-c2ccc(Cl)c(OC(C)C)c2)nc1CC(=O)C[C@H]1CCc2ccccc21. The molecule has 0 bridgehead atoms. The highest BCUT2D eigenvalue weighted by atomic mass is 35.5. The predicted octanol–water partition coefficient (Wildman–Crippen LogP) is 5.64. The third-order valence-corrected chi connectivity index (χ3v) is 6.00. The number of fused-ring (bicyclic) bond motifs is 1. The summed E-state index contributed by atoms with van der Waals surface area (Å²) in [6.45, 7) is 6.58. The molecule has 1 atom stereocenters. The lowest BCUT2D eigenvalue weighted by atomic mass is 9.94. The molecular formula is C25H28ClN3O2. The number of hydrogen-bond acceptors (Lipinski definition) is 4. The van der Waals surface area contributed by atoms with Crippen LogP contribution in [0.5, 0.6) is 5.75 Å². The molecule has 0 saturated carbocycles. The second-order valence-corrected chi connectivity index (χ2v) is 8.74. The van der Waals surface area contributed by atoms with Crippen molar-refractivity contribution in [2.24, 2.45) is 0 Å². The molecule has 5 nitrogen and oxygen atoms in total. The minimum atomic E-state index is 0.0165. The fourth-order valence-corrected chi connectivity index (χ4v) is 4.41. The van der Waals surface area contributed by atoms with Crippen LogP contribution in [0.4, 0.5) is 0 Å². The molecule has 1 heterocycles. The predicted molar refractivity (Wildman–Crippen MR) is 123 cm³/mol. The van der Waals surface area contributed by atoms with Crippen LogP contribution < -0.4 is 4.74 Å². The Kier molecular flexibility index (Phi) is 6.42. The zero-order valence-electron chi connectivity index (χ0n) is 18.3. The molecule has 0 unspecified atom stereocenters. The lowest BCUT2D eigenvalue weighted by Gasteiger charge is -2.11. The highest BCUT2D eigenvalue weighted by Crippen LogP contribution is 2.35. The van der Waals surface area contributed by atoms with Gasteiger partial charge in [0.2, 0.25) is 0 Å². The van der Waals surface area contributed by atoms with Crippen LogP contribution in [0.25, 0.3) is 11.4 Å². The van der Waals surface area contributed by atoms with Crippen LogP contribution in [0.3, 0.4) is 0 Å². The fraction of sp³-hybridized carbons (Fsp3) is 0.400. The van der Waals surface area contributed by atoms with Crippen molar-refractivity contribution in [2.45, 2.75) is 65.0 Å². The van der Waals surface area contributed by atoms with Crippen LogP contribution in [0.1, 0.15) is 56.5 Å². The van der Waals surface area contributed by atoms with Crippen LogP contribution in [0.2, 0.25) is 5.02 Å². The van der Waals surface area contributed by atoms with Crippen LogP contribution in [0.15, 0.2) is 42.5 Å². The van der Waals surface area contributed by atoms with Crippen molar-refractivity contribution >= 4 is 17.4 Å². The number of Topliss-reactive ketones (excluding diaryl/α,β-unsaturated/α-hetero) is 1. The third-order valence-electron chi connectivity index (χ3n) is 5.69. The van der Waals surface area contributed by atoms with Crippen molar-refractivity contribution in [2.75, 3.05) is 0 Å². The Hall–Kier alpha value is -2.66. The Balaban J connectivity index is 1.51. The second kappa shape index (κ2) is 9.23. The number of benzene rings is 2. The Morgan fingerprint density at radius 3 is 2.84 bits per heavy atom. The molecule has 0 fully saturated rings. The number of carbonyl (C=O) groups excluding carboxylic acids is 1. The van der Waals surface area contributed by atoms with E-state index >= 15 is 0 Å². The molecule has 1 aliphatic rings. The van der Waals surface area contributed by atoms with Crippen molar-refractivity contribution in [1.82, 2.24) is 14.8 Å². The molecule has 6 heteroatoms. The number of hydrogen-bond donors (Lipinski definition) is 0. The normalized spacial score (nSPS) is 15.3. The molecule has 3 aromatic rings. The van der Waals surface area contributed by atoms with E-state index in [1.165, 1.54) is 11.1 Å². The van der Waals surface area contributed by atoms with Gasteiger partial charge in [-0.05, 0) is 68.9 Å². The first-order valence-corrected chi connectivity index (χ1v) is 11.3. The molecule has 0 amide bonds. The van der Waals surface area contributed by atoms with Crippen molar-refractivity contribution in [1.29, 1.82) is 0 Å². The maximum atomic E-state index is 12.9. The number of halogens is 1. The number of ketones is 1. The van der Waals surface area contributed by atoms with Crippen LogP contribution >= 0.6 is 11.6 Å². The largest absolute Gasteiger partial charge is 0.489 e. The van der Waals surface area contributed by atoms with E-state index in [0.29, 0.717) is 47.7 Å². The first-order valence-electron chi connectivity index (χ1n) is 10.9. The van der Waals surface area contributed by atoms with E-state index in [4.69, 9.17) is 21.3 Å². The summed E-state index contributed by atoms with van der Waals surface area (Å²) in [5, 5.41) is 5.18. The smallest absolute Gasteiger partial charge is 0.181 e. The molecule has 0 saturated heterocycles. The fourth-order valence-electron chi connectivity index (χ4n) is 4.25. The van der Waals surface area contributed by atoms with Crippen LogP contribution in [-0.4, -0.2) is 26.7 Å². The summed E-state index contributed by atoms with van der Waals surface area (Å²) in [7, 11) is 0.